The third-order valence-corrected chi connectivity index (χ3v) is 6.91. The van der Waals surface area contributed by atoms with Crippen molar-refractivity contribution in [2.75, 3.05) is 25.5 Å². The number of nitrogens with one attached hydrogen (secondary N) is 1. The van der Waals surface area contributed by atoms with Crippen LogP contribution in [0.4, 0.5) is 5.69 Å². The Kier molecular flexibility index (Phi) is 7.75. The van der Waals surface area contributed by atoms with E-state index >= 15 is 0 Å². The van der Waals surface area contributed by atoms with Crippen LogP contribution in [0.3, 0.4) is 0 Å². The van der Waals surface area contributed by atoms with Crippen LogP contribution < -0.4 is 10.1 Å². The molecule has 8 heteroatoms. The van der Waals surface area contributed by atoms with Gasteiger partial charge in [-0.25, -0.2) is 8.42 Å². The number of anilines is 1. The number of amides is 1. The van der Waals surface area contributed by atoms with Crippen LogP contribution >= 0.6 is 0 Å². The Balaban J connectivity index is 2.30. The van der Waals surface area contributed by atoms with Crippen molar-refractivity contribution in [1.29, 1.82) is 0 Å². The fourth-order valence-corrected chi connectivity index (χ4v) is 4.60. The molecule has 1 amide bonds. The quantitative estimate of drug-likeness (QED) is 0.613. The van der Waals surface area contributed by atoms with E-state index < -0.39 is 10.0 Å². The number of hydrogen-bond acceptors (Lipinski definition) is 5. The van der Waals surface area contributed by atoms with E-state index in [9.17, 15) is 18.0 Å². The van der Waals surface area contributed by atoms with Gasteiger partial charge in [0, 0.05) is 29.9 Å². The maximum atomic E-state index is 12.8. The number of benzene rings is 2. The van der Waals surface area contributed by atoms with E-state index in [1.165, 1.54) is 30.5 Å². The van der Waals surface area contributed by atoms with Gasteiger partial charge in [0.25, 0.3) is 0 Å². The van der Waals surface area contributed by atoms with E-state index in [-0.39, 0.29) is 23.0 Å². The van der Waals surface area contributed by atoms with Gasteiger partial charge in [-0.3, -0.25) is 9.59 Å². The molecule has 2 rings (SSSR count). The number of aryl methyl sites for hydroxylation is 1. The molecule has 2 aromatic carbocycles. The predicted octanol–water partition coefficient (Wildman–Crippen LogP) is 3.42. The zero-order chi connectivity index (χ0) is 22.5. The molecule has 0 radical (unpaired) electrons. The summed E-state index contributed by atoms with van der Waals surface area (Å²) in [6, 6.07) is 9.62. The molecule has 0 aliphatic heterocycles. The molecule has 0 saturated heterocycles. The van der Waals surface area contributed by atoms with Gasteiger partial charge in [0.1, 0.15) is 5.75 Å². The van der Waals surface area contributed by atoms with E-state index in [0.29, 0.717) is 35.7 Å². The maximum Gasteiger partial charge on any atom is 0.243 e. The van der Waals surface area contributed by atoms with E-state index in [4.69, 9.17) is 4.74 Å². The number of carbonyl (C=O) groups is 2. The fourth-order valence-electron chi connectivity index (χ4n) is 3.11. The van der Waals surface area contributed by atoms with Crippen molar-refractivity contribution in [3.63, 3.8) is 0 Å². The van der Waals surface area contributed by atoms with Gasteiger partial charge in [-0.15, -0.1) is 0 Å². The molecule has 7 nitrogen and oxygen atoms in total. The third-order valence-electron chi connectivity index (χ3n) is 4.86. The molecule has 30 heavy (non-hydrogen) atoms. The van der Waals surface area contributed by atoms with Crippen LogP contribution in [0.1, 0.15) is 42.3 Å². The lowest BCUT2D eigenvalue weighted by atomic mass is 10.0. The number of nitrogens with zero attached hydrogens (tertiary/aromatic N) is 1. The van der Waals surface area contributed by atoms with Gasteiger partial charge in [0.15, 0.2) is 5.78 Å². The maximum absolute atomic E-state index is 12.8. The molecule has 0 heterocycles. The van der Waals surface area contributed by atoms with Crippen molar-refractivity contribution in [2.45, 2.75) is 39.0 Å². The highest BCUT2D eigenvalue weighted by atomic mass is 32.2. The Morgan fingerprint density at radius 1 is 1.07 bits per heavy atom. The first-order valence-electron chi connectivity index (χ1n) is 9.72. The number of sulfonamides is 1. The van der Waals surface area contributed by atoms with Crippen molar-refractivity contribution >= 4 is 27.4 Å². The summed E-state index contributed by atoms with van der Waals surface area (Å²) in [5.41, 5.74) is 2.23. The number of hydrogen-bond donors (Lipinski definition) is 1. The van der Waals surface area contributed by atoms with Gasteiger partial charge in [-0.1, -0.05) is 19.9 Å². The number of methoxy groups -OCH3 is 1. The first-order chi connectivity index (χ1) is 14.1. The van der Waals surface area contributed by atoms with E-state index in [1.54, 1.807) is 45.0 Å². The molecular formula is C22H28N2O5S. The summed E-state index contributed by atoms with van der Waals surface area (Å²) in [4.78, 5) is 24.5. The molecule has 0 bridgehead atoms. The summed E-state index contributed by atoms with van der Waals surface area (Å²) in [5.74, 6) is 0.0590. The normalized spacial score (nSPS) is 11.4. The van der Waals surface area contributed by atoms with Crippen molar-refractivity contribution in [2.24, 2.45) is 0 Å². The predicted molar refractivity (Wildman–Crippen MR) is 117 cm³/mol. The first kappa shape index (κ1) is 23.6. The topological polar surface area (TPSA) is 92.8 Å². The minimum Gasteiger partial charge on any atom is -0.496 e. The molecule has 2 aromatic rings. The minimum atomic E-state index is -3.64. The van der Waals surface area contributed by atoms with Crippen molar-refractivity contribution in [3.05, 3.63) is 53.1 Å². The summed E-state index contributed by atoms with van der Waals surface area (Å²) in [6.45, 7) is 7.53. The van der Waals surface area contributed by atoms with Gasteiger partial charge in [-0.2, -0.15) is 4.31 Å². The number of ether oxygens (including phenoxy) is 1. The lowest BCUT2D eigenvalue weighted by molar-refractivity contribution is -0.115. The summed E-state index contributed by atoms with van der Waals surface area (Å²) in [7, 11) is -2.14. The second-order valence-electron chi connectivity index (χ2n) is 6.87. The van der Waals surface area contributed by atoms with E-state index in [2.05, 4.69) is 5.32 Å². The average molecular weight is 433 g/mol. The molecule has 0 fully saturated rings. The summed E-state index contributed by atoms with van der Waals surface area (Å²) >= 11 is 0. The van der Waals surface area contributed by atoms with Crippen LogP contribution in [0.15, 0.2) is 41.3 Å². The smallest absolute Gasteiger partial charge is 0.243 e. The highest BCUT2D eigenvalue weighted by Gasteiger charge is 2.22. The fraction of sp³-hybridized carbons (Fsp3) is 0.364. The molecule has 0 unspecified atom stereocenters. The lowest BCUT2D eigenvalue weighted by Crippen LogP contribution is -2.30. The van der Waals surface area contributed by atoms with E-state index in [1.807, 2.05) is 0 Å². The standard InChI is InChI=1S/C22H28N2O5S/c1-6-24(7-2)30(27,28)19-10-8-15(3)20(14-19)23-22(26)13-18-12-17(16(4)25)9-11-21(18)29-5/h8-12,14H,6-7,13H2,1-5H3,(H,23,26). The summed E-state index contributed by atoms with van der Waals surface area (Å²) < 4.78 is 32.2. The molecular weight excluding hydrogens is 404 g/mol. The van der Waals surface area contributed by atoms with Gasteiger partial charge >= 0.3 is 0 Å². The van der Waals surface area contributed by atoms with Gasteiger partial charge in [-0.05, 0) is 49.7 Å². The van der Waals surface area contributed by atoms with Crippen LogP contribution in [0.2, 0.25) is 0 Å². The van der Waals surface area contributed by atoms with Crippen LogP contribution in [-0.2, 0) is 21.2 Å². The Hall–Kier alpha value is -2.71. The summed E-state index contributed by atoms with van der Waals surface area (Å²) in [6.07, 6.45) is -0.0171. The van der Waals surface area contributed by atoms with Crippen LogP contribution in [0.25, 0.3) is 0 Å². The van der Waals surface area contributed by atoms with Gasteiger partial charge in [0.05, 0.1) is 18.4 Å². The largest absolute Gasteiger partial charge is 0.496 e. The molecule has 1 N–H and O–H groups in total. The zero-order valence-corrected chi connectivity index (χ0v) is 18.8. The number of carbonyl (C=O) groups excluding carboxylic acids is 2. The second-order valence-corrected chi connectivity index (χ2v) is 8.81. The second kappa shape index (κ2) is 9.86. The number of ketones is 1. The first-order valence-corrected chi connectivity index (χ1v) is 11.2. The summed E-state index contributed by atoms with van der Waals surface area (Å²) in [5, 5.41) is 2.78. The Labute approximate surface area is 178 Å². The monoisotopic (exact) mass is 432 g/mol. The minimum absolute atomic E-state index is 0.0171. The molecule has 0 aliphatic carbocycles. The molecule has 0 atom stereocenters. The van der Waals surface area contributed by atoms with Gasteiger partial charge in [0.2, 0.25) is 15.9 Å². The van der Waals surface area contributed by atoms with Crippen molar-refractivity contribution < 1.29 is 22.7 Å². The van der Waals surface area contributed by atoms with Crippen molar-refractivity contribution in [3.8, 4) is 5.75 Å². The van der Waals surface area contributed by atoms with E-state index in [0.717, 1.165) is 5.56 Å². The number of Topliss-reactive ketones (excluding diaryl/α,β-unsaturated/α-hetero) is 1. The van der Waals surface area contributed by atoms with Crippen LogP contribution in [-0.4, -0.2) is 44.6 Å². The molecule has 0 aliphatic rings. The molecule has 0 aromatic heterocycles. The van der Waals surface area contributed by atoms with Crippen LogP contribution in [0, 0.1) is 6.92 Å². The molecule has 0 spiro atoms. The highest BCUT2D eigenvalue weighted by Crippen LogP contribution is 2.25. The van der Waals surface area contributed by atoms with Crippen molar-refractivity contribution in [1.82, 2.24) is 4.31 Å². The average Bonchev–Trinajstić information content (AvgIpc) is 2.70. The SMILES string of the molecule is CCN(CC)S(=O)(=O)c1ccc(C)c(NC(=O)Cc2cc(C(C)=O)ccc2OC)c1. The Morgan fingerprint density at radius 2 is 1.73 bits per heavy atom. The Morgan fingerprint density at radius 3 is 2.30 bits per heavy atom. The zero-order valence-electron chi connectivity index (χ0n) is 18.0. The lowest BCUT2D eigenvalue weighted by Gasteiger charge is -2.19. The Bertz CT molecular complexity index is 1040. The number of rotatable bonds is 9. The van der Waals surface area contributed by atoms with Gasteiger partial charge < -0.3 is 10.1 Å². The van der Waals surface area contributed by atoms with Crippen LogP contribution in [0.5, 0.6) is 5.75 Å². The highest BCUT2D eigenvalue weighted by molar-refractivity contribution is 7.89. The third kappa shape index (κ3) is 5.25. The molecule has 0 saturated carbocycles. The molecule has 162 valence electrons.